The second-order valence-electron chi connectivity index (χ2n) is 15.1. The van der Waals surface area contributed by atoms with Crippen LogP contribution in [0, 0.1) is 0 Å². The highest BCUT2D eigenvalue weighted by Gasteiger charge is 2.25. The van der Waals surface area contributed by atoms with Crippen molar-refractivity contribution in [2.75, 3.05) is 0 Å². The zero-order valence-corrected chi connectivity index (χ0v) is 31.8. The van der Waals surface area contributed by atoms with E-state index in [1.807, 2.05) is 0 Å². The Morgan fingerprint density at radius 1 is 0.422 bits per heavy atom. The van der Waals surface area contributed by atoms with Gasteiger partial charge in [0.2, 0.25) is 0 Å². The molecule has 1 aromatic heterocycles. The van der Waals surface area contributed by atoms with Crippen LogP contribution in [0.2, 0.25) is 0 Å². The van der Waals surface area contributed by atoms with Crippen molar-refractivity contribution in [3.05, 3.63) is 18.2 Å². The standard InChI is InChI=1S/C43H84N2/c1-5-8-11-14-17-19-21-22-24-25-28-30-33-36-41(4)45-40-39-44-43(45)42(37-34-31-27-16-13-10-7-3)38-35-32-29-26-23-20-18-15-12-9-6-2/h39-42H,5-38H2,1-4H3/p+1. The second kappa shape index (κ2) is 33.1. The Morgan fingerprint density at radius 2 is 0.711 bits per heavy atom. The van der Waals surface area contributed by atoms with Crippen molar-refractivity contribution in [2.45, 2.75) is 258 Å². The molecule has 1 aromatic rings. The Balaban J connectivity index is 2.36. The van der Waals surface area contributed by atoms with Gasteiger partial charge < -0.3 is 0 Å². The van der Waals surface area contributed by atoms with Crippen LogP contribution in [0.3, 0.4) is 0 Å². The summed E-state index contributed by atoms with van der Waals surface area (Å²) in [6, 6.07) is 0.618. The van der Waals surface area contributed by atoms with E-state index in [-0.39, 0.29) is 0 Å². The summed E-state index contributed by atoms with van der Waals surface area (Å²) in [7, 11) is 0. The van der Waals surface area contributed by atoms with Crippen LogP contribution in [0.25, 0.3) is 0 Å². The van der Waals surface area contributed by atoms with E-state index in [2.05, 4.69) is 49.6 Å². The van der Waals surface area contributed by atoms with Gasteiger partial charge >= 0.3 is 0 Å². The minimum atomic E-state index is 0.618. The number of rotatable bonds is 36. The highest BCUT2D eigenvalue weighted by atomic mass is 15.1. The molecule has 0 bridgehead atoms. The Hall–Kier alpha value is -0.790. The van der Waals surface area contributed by atoms with Gasteiger partial charge in [-0.3, -0.25) is 0 Å². The van der Waals surface area contributed by atoms with Gasteiger partial charge in [-0.25, -0.2) is 9.55 Å². The SMILES string of the molecule is CCCCCCCCCCCCCCCC(C)[n+]1cc[nH]c1C(CCCCCCCCC)CCCCCCCCCCCCC. The van der Waals surface area contributed by atoms with Crippen LogP contribution >= 0.6 is 0 Å². The maximum absolute atomic E-state index is 3.76. The van der Waals surface area contributed by atoms with Crippen molar-refractivity contribution in [2.24, 2.45) is 0 Å². The van der Waals surface area contributed by atoms with Crippen LogP contribution in [0.4, 0.5) is 0 Å². The summed E-state index contributed by atoms with van der Waals surface area (Å²) in [4.78, 5) is 3.76. The van der Waals surface area contributed by atoms with Crippen molar-refractivity contribution >= 4 is 0 Å². The minimum Gasteiger partial charge on any atom is -0.247 e. The van der Waals surface area contributed by atoms with Crippen molar-refractivity contribution in [3.63, 3.8) is 0 Å². The van der Waals surface area contributed by atoms with E-state index in [1.165, 1.54) is 224 Å². The zero-order valence-electron chi connectivity index (χ0n) is 31.8. The third-order valence-corrected chi connectivity index (χ3v) is 10.6. The Bertz CT molecular complexity index is 694. The monoisotopic (exact) mass is 630 g/mol. The molecule has 0 fully saturated rings. The lowest BCUT2D eigenvalue weighted by Crippen LogP contribution is -2.41. The van der Waals surface area contributed by atoms with Gasteiger partial charge in [-0.1, -0.05) is 213 Å². The number of hydrogen-bond acceptors (Lipinski definition) is 0. The lowest BCUT2D eigenvalue weighted by molar-refractivity contribution is -0.727. The maximum atomic E-state index is 3.76. The van der Waals surface area contributed by atoms with Crippen molar-refractivity contribution in [1.82, 2.24) is 4.98 Å². The molecule has 1 N–H and O–H groups in total. The zero-order chi connectivity index (χ0) is 32.5. The lowest BCUT2D eigenvalue weighted by Gasteiger charge is -2.17. The summed E-state index contributed by atoms with van der Waals surface area (Å²) in [6.07, 6.45) is 53.1. The van der Waals surface area contributed by atoms with E-state index in [4.69, 9.17) is 0 Å². The van der Waals surface area contributed by atoms with Crippen LogP contribution in [0.5, 0.6) is 0 Å². The molecular formula is C43H85N2+. The smallest absolute Gasteiger partial charge is 0.247 e. The molecule has 2 heteroatoms. The number of aromatic nitrogens is 2. The van der Waals surface area contributed by atoms with Crippen LogP contribution in [0.1, 0.15) is 264 Å². The topological polar surface area (TPSA) is 19.7 Å². The number of aromatic amines is 1. The first-order valence-electron chi connectivity index (χ1n) is 21.3. The summed E-state index contributed by atoms with van der Waals surface area (Å²) < 4.78 is 2.64. The average molecular weight is 630 g/mol. The molecule has 0 aliphatic rings. The second-order valence-corrected chi connectivity index (χ2v) is 15.1. The normalized spacial score (nSPS) is 13.1. The molecule has 0 aromatic carbocycles. The van der Waals surface area contributed by atoms with Crippen LogP contribution in [0.15, 0.2) is 12.4 Å². The minimum absolute atomic E-state index is 0.618. The Kier molecular flexibility index (Phi) is 31.1. The first kappa shape index (κ1) is 42.2. The van der Waals surface area contributed by atoms with Crippen LogP contribution in [-0.4, -0.2) is 4.98 Å². The van der Waals surface area contributed by atoms with Crippen molar-refractivity contribution in [1.29, 1.82) is 0 Å². The molecule has 2 nitrogen and oxygen atoms in total. The molecule has 1 heterocycles. The number of unbranched alkanes of at least 4 members (excludes halogenated alkanes) is 28. The van der Waals surface area contributed by atoms with E-state index < -0.39 is 0 Å². The van der Waals surface area contributed by atoms with Gasteiger partial charge in [-0.2, -0.15) is 0 Å². The van der Waals surface area contributed by atoms with Gasteiger partial charge in [0.05, 0.1) is 12.0 Å². The Morgan fingerprint density at radius 3 is 1.04 bits per heavy atom. The van der Waals surface area contributed by atoms with Gasteiger partial charge in [-0.05, 0) is 32.6 Å². The molecule has 0 aliphatic carbocycles. The maximum Gasteiger partial charge on any atom is 0.257 e. The fraction of sp³-hybridized carbons (Fsp3) is 0.930. The van der Waals surface area contributed by atoms with Crippen molar-refractivity contribution < 1.29 is 4.57 Å². The fourth-order valence-corrected chi connectivity index (χ4v) is 7.49. The molecule has 0 spiro atoms. The quantitative estimate of drug-likeness (QED) is 0.0563. The molecule has 45 heavy (non-hydrogen) atoms. The van der Waals surface area contributed by atoms with E-state index in [0.717, 1.165) is 0 Å². The van der Waals surface area contributed by atoms with Gasteiger partial charge in [0.25, 0.3) is 5.82 Å². The predicted octanol–water partition coefficient (Wildman–Crippen LogP) is 15.3. The highest BCUT2D eigenvalue weighted by molar-refractivity contribution is 4.90. The largest absolute Gasteiger partial charge is 0.257 e. The summed E-state index contributed by atoms with van der Waals surface area (Å²) in [6.45, 7) is 9.43. The van der Waals surface area contributed by atoms with E-state index >= 15 is 0 Å². The molecule has 0 amide bonds. The molecule has 266 valence electrons. The Labute approximate surface area is 285 Å². The first-order valence-corrected chi connectivity index (χ1v) is 21.3. The molecule has 2 unspecified atom stereocenters. The van der Waals surface area contributed by atoms with Gasteiger partial charge in [0, 0.05) is 0 Å². The van der Waals surface area contributed by atoms with Gasteiger partial charge in [0.15, 0.2) is 0 Å². The van der Waals surface area contributed by atoms with Crippen molar-refractivity contribution in [3.8, 4) is 0 Å². The molecule has 0 saturated heterocycles. The fourth-order valence-electron chi connectivity index (χ4n) is 7.49. The first-order chi connectivity index (χ1) is 22.2. The molecule has 0 saturated carbocycles. The van der Waals surface area contributed by atoms with Crippen LogP contribution < -0.4 is 4.57 Å². The van der Waals surface area contributed by atoms with E-state index in [9.17, 15) is 0 Å². The van der Waals surface area contributed by atoms with E-state index in [1.54, 1.807) is 0 Å². The molecule has 2 atom stereocenters. The molecular weight excluding hydrogens is 544 g/mol. The van der Waals surface area contributed by atoms with Gasteiger partial charge in [0.1, 0.15) is 12.4 Å². The third-order valence-electron chi connectivity index (χ3n) is 10.6. The average Bonchev–Trinajstić information content (AvgIpc) is 3.54. The van der Waals surface area contributed by atoms with E-state index in [0.29, 0.717) is 12.0 Å². The van der Waals surface area contributed by atoms with Crippen LogP contribution in [-0.2, 0) is 0 Å². The third kappa shape index (κ3) is 25.0. The number of H-pyrrole nitrogens is 1. The highest BCUT2D eigenvalue weighted by Crippen LogP contribution is 2.27. The number of hydrogen-bond donors (Lipinski definition) is 1. The summed E-state index contributed by atoms with van der Waals surface area (Å²) in [5, 5.41) is 0. The summed E-state index contributed by atoms with van der Waals surface area (Å²) >= 11 is 0. The number of nitrogens with zero attached hydrogens (tertiary/aromatic N) is 1. The molecule has 0 radical (unpaired) electrons. The van der Waals surface area contributed by atoms with Gasteiger partial charge in [-0.15, -0.1) is 0 Å². The lowest BCUT2D eigenvalue weighted by atomic mass is 9.92. The number of nitrogens with one attached hydrogen (secondary N) is 1. The summed E-state index contributed by atoms with van der Waals surface area (Å²) in [5.41, 5.74) is 0. The molecule has 0 aliphatic heterocycles. The summed E-state index contributed by atoms with van der Waals surface area (Å²) in [5.74, 6) is 2.25. The molecule has 1 rings (SSSR count). The predicted molar refractivity (Wildman–Crippen MR) is 202 cm³/mol. The number of imidazole rings is 1.